The van der Waals surface area contributed by atoms with Crippen molar-refractivity contribution in [2.24, 2.45) is 0 Å². The molecule has 4 aromatic rings. The van der Waals surface area contributed by atoms with Gasteiger partial charge in [0.25, 0.3) is 0 Å². The second kappa shape index (κ2) is 4.85. The molecule has 24 heavy (non-hydrogen) atoms. The summed E-state index contributed by atoms with van der Waals surface area (Å²) in [5.74, 6) is -2.76. The van der Waals surface area contributed by atoms with Crippen LogP contribution in [0.1, 0.15) is 5.56 Å². The minimum atomic E-state index is -0.947. The van der Waals surface area contributed by atoms with E-state index in [2.05, 4.69) is 20.2 Å². The fraction of sp³-hybridized carbons (Fsp3) is 0.0625. The van der Waals surface area contributed by atoms with Gasteiger partial charge in [-0.25, -0.2) is 18.7 Å². The standard InChI is InChI=1S/C16H10F2N4O2/c1-6-12(17)11-10(13(18)15(6)24)8-5-20-22-16(8)21-14(11)7-2-3-19-9(23)4-7/h2-5,24H,1H3,(H,19,23)(H,20,21,22). The number of nitrogens with one attached hydrogen (secondary N) is 1. The van der Waals surface area contributed by atoms with Gasteiger partial charge in [0.1, 0.15) is 5.82 Å². The number of phenols is 1. The Labute approximate surface area is 133 Å². The molecule has 0 radical (unpaired) electrons. The van der Waals surface area contributed by atoms with Crippen molar-refractivity contribution in [2.45, 2.75) is 6.92 Å². The third-order valence-electron chi connectivity index (χ3n) is 3.95. The fourth-order valence-electron chi connectivity index (χ4n) is 2.76. The second-order valence-electron chi connectivity index (χ2n) is 5.35. The van der Waals surface area contributed by atoms with Gasteiger partial charge >= 0.3 is 0 Å². The lowest BCUT2D eigenvalue weighted by molar-refractivity contribution is 0.426. The number of aromatic nitrogens is 4. The number of fused-ring (bicyclic) bond motifs is 3. The first-order chi connectivity index (χ1) is 11.5. The summed E-state index contributed by atoms with van der Waals surface area (Å²) >= 11 is 0. The fourth-order valence-corrected chi connectivity index (χ4v) is 2.76. The van der Waals surface area contributed by atoms with Crippen molar-refractivity contribution in [3.63, 3.8) is 0 Å². The highest BCUT2D eigenvalue weighted by atomic mass is 19.1. The monoisotopic (exact) mass is 328 g/mol. The van der Waals surface area contributed by atoms with E-state index in [0.29, 0.717) is 5.56 Å². The summed E-state index contributed by atoms with van der Waals surface area (Å²) in [7, 11) is 0. The van der Waals surface area contributed by atoms with Gasteiger partial charge in [-0.3, -0.25) is 5.10 Å². The van der Waals surface area contributed by atoms with Crippen LogP contribution in [0.5, 0.6) is 11.6 Å². The van der Waals surface area contributed by atoms with Crippen molar-refractivity contribution in [2.75, 3.05) is 0 Å². The molecule has 3 N–H and O–H groups in total. The van der Waals surface area contributed by atoms with Crippen LogP contribution in [0, 0.1) is 18.6 Å². The van der Waals surface area contributed by atoms with Gasteiger partial charge in [0.05, 0.1) is 11.9 Å². The van der Waals surface area contributed by atoms with Crippen molar-refractivity contribution in [3.8, 4) is 22.9 Å². The Morgan fingerprint density at radius 2 is 1.92 bits per heavy atom. The molecule has 0 atom stereocenters. The largest absolute Gasteiger partial charge is 0.505 e. The van der Waals surface area contributed by atoms with Gasteiger partial charge in [-0.15, -0.1) is 0 Å². The van der Waals surface area contributed by atoms with E-state index in [4.69, 9.17) is 0 Å². The van der Waals surface area contributed by atoms with Crippen molar-refractivity contribution < 1.29 is 19.0 Å². The Bertz CT molecular complexity index is 1120. The maximum absolute atomic E-state index is 14.8. The smallest absolute Gasteiger partial charge is 0.211 e. The first kappa shape index (κ1) is 14.3. The summed E-state index contributed by atoms with van der Waals surface area (Å²) in [6.07, 6.45) is 2.65. The lowest BCUT2D eigenvalue weighted by Gasteiger charge is -2.12. The number of rotatable bonds is 1. The number of benzene rings is 1. The maximum atomic E-state index is 14.8. The molecule has 3 heterocycles. The molecule has 0 aliphatic rings. The summed E-state index contributed by atoms with van der Waals surface area (Å²) in [6.45, 7) is 1.28. The summed E-state index contributed by atoms with van der Waals surface area (Å²) in [4.78, 5) is 7.97. The quantitative estimate of drug-likeness (QED) is 0.499. The number of pyridine rings is 2. The average molecular weight is 328 g/mol. The van der Waals surface area contributed by atoms with Crippen LogP contribution in [-0.2, 0) is 0 Å². The highest BCUT2D eigenvalue weighted by molar-refractivity contribution is 6.11. The summed E-state index contributed by atoms with van der Waals surface area (Å²) in [5.41, 5.74) is 0.478. The second-order valence-corrected chi connectivity index (χ2v) is 5.35. The first-order valence-corrected chi connectivity index (χ1v) is 6.97. The molecule has 3 aromatic heterocycles. The Morgan fingerprint density at radius 1 is 1.12 bits per heavy atom. The first-order valence-electron chi connectivity index (χ1n) is 6.97. The molecule has 8 heteroatoms. The van der Waals surface area contributed by atoms with Crippen molar-refractivity contribution in [3.05, 3.63) is 41.7 Å². The van der Waals surface area contributed by atoms with Gasteiger partial charge in [-0.2, -0.15) is 5.10 Å². The van der Waals surface area contributed by atoms with Gasteiger partial charge in [-0.05, 0) is 13.0 Å². The summed E-state index contributed by atoms with van der Waals surface area (Å²) in [5, 5.41) is 25.9. The van der Waals surface area contributed by atoms with Crippen LogP contribution in [0.4, 0.5) is 8.78 Å². The summed E-state index contributed by atoms with van der Waals surface area (Å²) in [6, 6.07) is 2.81. The number of H-pyrrole nitrogens is 1. The Balaban J connectivity index is 2.28. The predicted molar refractivity (Wildman–Crippen MR) is 82.6 cm³/mol. The average Bonchev–Trinajstić information content (AvgIpc) is 3.04. The molecule has 120 valence electrons. The molecule has 0 amide bonds. The molecule has 0 spiro atoms. The van der Waals surface area contributed by atoms with E-state index in [9.17, 15) is 19.0 Å². The Kier molecular flexibility index (Phi) is 2.89. The van der Waals surface area contributed by atoms with Crippen LogP contribution in [0.2, 0.25) is 0 Å². The molecule has 0 saturated heterocycles. The zero-order valence-corrected chi connectivity index (χ0v) is 12.3. The van der Waals surface area contributed by atoms with E-state index in [1.54, 1.807) is 0 Å². The van der Waals surface area contributed by atoms with Crippen LogP contribution in [0.15, 0.2) is 24.5 Å². The van der Waals surface area contributed by atoms with Gasteiger partial charge in [0.15, 0.2) is 17.2 Å². The number of nitrogens with zero attached hydrogens (tertiary/aromatic N) is 3. The minimum Gasteiger partial charge on any atom is -0.505 e. The third-order valence-corrected chi connectivity index (χ3v) is 3.95. The topological polar surface area (TPSA) is 94.9 Å². The maximum Gasteiger partial charge on any atom is 0.211 e. The normalized spacial score (nSPS) is 11.5. The molecule has 0 aliphatic heterocycles. The zero-order chi connectivity index (χ0) is 17.0. The molecule has 0 aliphatic carbocycles. The minimum absolute atomic E-state index is 0.0951. The number of aromatic amines is 1. The van der Waals surface area contributed by atoms with Gasteiger partial charge < -0.3 is 10.2 Å². The Hall–Kier alpha value is -3.29. The zero-order valence-electron chi connectivity index (χ0n) is 12.3. The number of hydrogen-bond acceptors (Lipinski definition) is 5. The van der Waals surface area contributed by atoms with Crippen molar-refractivity contribution in [1.82, 2.24) is 20.2 Å². The third kappa shape index (κ3) is 1.82. The van der Waals surface area contributed by atoms with Crippen LogP contribution in [0.25, 0.3) is 33.1 Å². The van der Waals surface area contributed by atoms with E-state index in [0.717, 1.165) is 0 Å². The number of hydrogen-bond donors (Lipinski definition) is 3. The van der Waals surface area contributed by atoms with Crippen LogP contribution < -0.4 is 0 Å². The highest BCUT2D eigenvalue weighted by Gasteiger charge is 2.24. The van der Waals surface area contributed by atoms with Gasteiger partial charge in [0, 0.05) is 39.5 Å². The van der Waals surface area contributed by atoms with Crippen LogP contribution in [0.3, 0.4) is 0 Å². The molecule has 0 bridgehead atoms. The van der Waals surface area contributed by atoms with E-state index in [1.807, 2.05) is 0 Å². The van der Waals surface area contributed by atoms with E-state index in [1.165, 1.54) is 31.5 Å². The molecule has 6 nitrogen and oxygen atoms in total. The molecular weight excluding hydrogens is 318 g/mol. The van der Waals surface area contributed by atoms with Gasteiger partial charge in [-0.1, -0.05) is 0 Å². The molecule has 1 aromatic carbocycles. The van der Waals surface area contributed by atoms with Crippen molar-refractivity contribution in [1.29, 1.82) is 0 Å². The highest BCUT2D eigenvalue weighted by Crippen LogP contribution is 2.40. The molecule has 0 unspecified atom stereocenters. The number of phenolic OH excluding ortho intramolecular Hbond substituents is 1. The molecular formula is C16H10F2N4O2. The van der Waals surface area contributed by atoms with E-state index < -0.39 is 17.4 Å². The number of halogens is 2. The summed E-state index contributed by atoms with van der Waals surface area (Å²) < 4.78 is 29.5. The molecule has 0 fully saturated rings. The SMILES string of the molecule is Cc1c(O)c(F)c2c(c(-c3ccnc(O)c3)nc3[nH]ncc32)c1F. The predicted octanol–water partition coefficient (Wildman–Crippen LogP) is 3.17. The van der Waals surface area contributed by atoms with Crippen LogP contribution in [-0.4, -0.2) is 30.4 Å². The molecule has 4 rings (SSSR count). The number of aromatic hydroxyl groups is 2. The van der Waals surface area contributed by atoms with Crippen LogP contribution >= 0.6 is 0 Å². The molecule has 0 saturated carbocycles. The lowest BCUT2D eigenvalue weighted by Crippen LogP contribution is -1.97. The lowest BCUT2D eigenvalue weighted by atomic mass is 9.98. The van der Waals surface area contributed by atoms with E-state index >= 15 is 0 Å². The van der Waals surface area contributed by atoms with Crippen molar-refractivity contribution >= 4 is 21.8 Å². The van der Waals surface area contributed by atoms with Gasteiger partial charge in [0.2, 0.25) is 5.88 Å². The van der Waals surface area contributed by atoms with E-state index in [-0.39, 0.29) is 38.9 Å². The Morgan fingerprint density at radius 3 is 2.67 bits per heavy atom.